The molecule has 2 atom stereocenters. The van der Waals surface area contributed by atoms with Crippen LogP contribution in [0.4, 0.5) is 5.69 Å². The summed E-state index contributed by atoms with van der Waals surface area (Å²) in [6.45, 7) is 3.84. The third kappa shape index (κ3) is 7.18. The maximum Gasteiger partial charge on any atom is 0.262 e. The molecule has 0 bridgehead atoms. The second-order valence-electron chi connectivity index (χ2n) is 9.12. The zero-order valence-corrected chi connectivity index (χ0v) is 20.9. The van der Waals surface area contributed by atoms with Crippen molar-refractivity contribution >= 4 is 40.3 Å². The third-order valence-electron chi connectivity index (χ3n) is 6.24. The number of carbonyl (C=O) groups is 3. The van der Waals surface area contributed by atoms with Gasteiger partial charge in [0.25, 0.3) is 11.8 Å². The van der Waals surface area contributed by atoms with E-state index in [1.807, 2.05) is 25.1 Å². The van der Waals surface area contributed by atoms with Gasteiger partial charge in [0.2, 0.25) is 5.91 Å². The molecule has 0 spiro atoms. The number of piperidine rings is 1. The van der Waals surface area contributed by atoms with Gasteiger partial charge in [-0.15, -0.1) is 0 Å². The molecule has 3 amide bonds. The zero-order chi connectivity index (χ0) is 24.6. The topological polar surface area (TPSA) is 90.9 Å². The number of carbonyl (C=O) groups excluding carboxylic acids is 3. The molecule has 2 aromatic rings. The van der Waals surface area contributed by atoms with E-state index in [1.54, 1.807) is 24.3 Å². The average Bonchev–Trinajstić information content (AvgIpc) is 3.24. The summed E-state index contributed by atoms with van der Waals surface area (Å²) in [4.78, 5) is 43.7. The van der Waals surface area contributed by atoms with E-state index < -0.39 is 5.25 Å². The number of amidine groups is 1. The van der Waals surface area contributed by atoms with Crippen molar-refractivity contribution in [2.45, 2.75) is 56.7 Å². The first-order valence-electron chi connectivity index (χ1n) is 12.3. The first kappa shape index (κ1) is 25.0. The van der Waals surface area contributed by atoms with Crippen LogP contribution in [0.5, 0.6) is 0 Å². The number of anilines is 1. The summed E-state index contributed by atoms with van der Waals surface area (Å²) in [7, 11) is 0. The van der Waals surface area contributed by atoms with Gasteiger partial charge in [0.1, 0.15) is 5.25 Å². The van der Waals surface area contributed by atoms with Crippen LogP contribution in [-0.4, -0.2) is 52.2 Å². The van der Waals surface area contributed by atoms with Crippen molar-refractivity contribution in [1.29, 1.82) is 0 Å². The summed E-state index contributed by atoms with van der Waals surface area (Å²) >= 11 is 1.39. The van der Waals surface area contributed by atoms with Gasteiger partial charge in [-0.1, -0.05) is 42.1 Å². The molecule has 2 heterocycles. The predicted octanol–water partition coefficient (Wildman–Crippen LogP) is 4.25. The summed E-state index contributed by atoms with van der Waals surface area (Å²) in [5, 5.41) is 6.13. The molecule has 8 heteroatoms. The molecule has 1 fully saturated rings. The van der Waals surface area contributed by atoms with E-state index in [0.29, 0.717) is 11.3 Å². The van der Waals surface area contributed by atoms with E-state index in [0.717, 1.165) is 43.9 Å². The van der Waals surface area contributed by atoms with Crippen LogP contribution in [0.2, 0.25) is 0 Å². The first-order chi connectivity index (χ1) is 17.0. The normalized spacial score (nSPS) is 18.7. The minimum Gasteiger partial charge on any atom is -0.351 e. The lowest BCUT2D eigenvalue weighted by molar-refractivity contribution is -0.121. The molecule has 2 aromatic carbocycles. The smallest absolute Gasteiger partial charge is 0.262 e. The van der Waals surface area contributed by atoms with Gasteiger partial charge in [0.05, 0.1) is 0 Å². The van der Waals surface area contributed by atoms with Gasteiger partial charge in [-0.3, -0.25) is 14.4 Å². The number of benzene rings is 2. The van der Waals surface area contributed by atoms with Gasteiger partial charge >= 0.3 is 0 Å². The third-order valence-corrected chi connectivity index (χ3v) is 7.46. The van der Waals surface area contributed by atoms with Crippen LogP contribution in [0.15, 0.2) is 59.6 Å². The fourth-order valence-electron chi connectivity index (χ4n) is 4.22. The zero-order valence-electron chi connectivity index (χ0n) is 20.0. The monoisotopic (exact) mass is 492 g/mol. The highest BCUT2D eigenvalue weighted by Crippen LogP contribution is 2.29. The Bertz CT molecular complexity index is 1070. The standard InChI is InChI=1S/C27H32N4O3S/c1-19(10-11-20-8-4-2-5-9-20)28-25(33)21-12-14-22(15-13-21)29-24(32)18-23-26(34)30-27(35-23)31-16-6-3-7-17-31/h2,4-5,8-9,12-15,19,23H,3,6-7,10-11,16-18H2,1H3,(H,28,33)(H,29,32). The maximum absolute atomic E-state index is 12.6. The number of hydrogen-bond acceptors (Lipinski definition) is 5. The Hall–Kier alpha value is -3.13. The van der Waals surface area contributed by atoms with Crippen molar-refractivity contribution in [2.75, 3.05) is 18.4 Å². The van der Waals surface area contributed by atoms with Crippen LogP contribution in [0.1, 0.15) is 54.9 Å². The highest BCUT2D eigenvalue weighted by Gasteiger charge is 2.33. The molecule has 2 aliphatic heterocycles. The van der Waals surface area contributed by atoms with Gasteiger partial charge in [0, 0.05) is 36.8 Å². The van der Waals surface area contributed by atoms with E-state index in [9.17, 15) is 14.4 Å². The molecule has 4 rings (SSSR count). The quantitative estimate of drug-likeness (QED) is 0.575. The van der Waals surface area contributed by atoms with Gasteiger partial charge in [-0.2, -0.15) is 4.99 Å². The molecular weight excluding hydrogens is 460 g/mol. The Morgan fingerprint density at radius 2 is 1.77 bits per heavy atom. The van der Waals surface area contributed by atoms with E-state index in [1.165, 1.54) is 23.7 Å². The SMILES string of the molecule is CC(CCc1ccccc1)NC(=O)c1ccc(NC(=O)CC2SC(N3CCCCC3)=NC2=O)cc1. The van der Waals surface area contributed by atoms with Crippen molar-refractivity contribution in [3.05, 3.63) is 65.7 Å². The second-order valence-corrected chi connectivity index (χ2v) is 10.3. The van der Waals surface area contributed by atoms with E-state index in [-0.39, 0.29) is 30.2 Å². The maximum atomic E-state index is 12.6. The van der Waals surface area contributed by atoms with Crippen LogP contribution in [-0.2, 0) is 16.0 Å². The predicted molar refractivity (Wildman–Crippen MR) is 141 cm³/mol. The number of thioether (sulfide) groups is 1. The number of hydrogen-bond donors (Lipinski definition) is 2. The van der Waals surface area contributed by atoms with E-state index in [2.05, 4.69) is 32.7 Å². The molecule has 2 N–H and O–H groups in total. The number of likely N-dealkylation sites (tertiary alicyclic amines) is 1. The van der Waals surface area contributed by atoms with Crippen LogP contribution in [0.3, 0.4) is 0 Å². The van der Waals surface area contributed by atoms with Crippen molar-refractivity contribution in [1.82, 2.24) is 10.2 Å². The van der Waals surface area contributed by atoms with E-state index >= 15 is 0 Å². The molecule has 35 heavy (non-hydrogen) atoms. The Morgan fingerprint density at radius 3 is 2.49 bits per heavy atom. The lowest BCUT2D eigenvalue weighted by Gasteiger charge is -2.27. The molecule has 0 radical (unpaired) electrons. The van der Waals surface area contributed by atoms with Gasteiger partial charge in [-0.25, -0.2) is 0 Å². The number of aryl methyl sites for hydroxylation is 1. The van der Waals surface area contributed by atoms with Crippen LogP contribution in [0, 0.1) is 0 Å². The highest BCUT2D eigenvalue weighted by atomic mass is 32.2. The summed E-state index contributed by atoms with van der Waals surface area (Å²) in [6, 6.07) is 17.1. The van der Waals surface area contributed by atoms with Crippen molar-refractivity contribution in [3.8, 4) is 0 Å². The number of nitrogens with zero attached hydrogens (tertiary/aromatic N) is 2. The van der Waals surface area contributed by atoms with Gasteiger partial charge < -0.3 is 15.5 Å². The largest absolute Gasteiger partial charge is 0.351 e. The summed E-state index contributed by atoms with van der Waals surface area (Å²) in [6.07, 6.45) is 5.26. The number of rotatable bonds is 8. The van der Waals surface area contributed by atoms with Crippen molar-refractivity contribution in [2.24, 2.45) is 4.99 Å². The molecule has 2 aliphatic rings. The second kappa shape index (κ2) is 12.0. The number of amides is 3. The summed E-state index contributed by atoms with van der Waals surface area (Å²) in [5.41, 5.74) is 2.38. The molecule has 0 aromatic heterocycles. The minimum atomic E-state index is -0.477. The average molecular weight is 493 g/mol. The summed E-state index contributed by atoms with van der Waals surface area (Å²) in [5.74, 6) is -0.615. The lowest BCUT2D eigenvalue weighted by atomic mass is 10.1. The first-order valence-corrected chi connectivity index (χ1v) is 13.1. The van der Waals surface area contributed by atoms with Crippen LogP contribution >= 0.6 is 11.8 Å². The Labute approximate surface area is 210 Å². The number of nitrogens with one attached hydrogen (secondary N) is 2. The Morgan fingerprint density at radius 1 is 1.06 bits per heavy atom. The van der Waals surface area contributed by atoms with Gasteiger partial charge in [0.15, 0.2) is 5.17 Å². The molecule has 2 unspecified atom stereocenters. The fourth-order valence-corrected chi connectivity index (χ4v) is 5.34. The molecule has 0 aliphatic carbocycles. The van der Waals surface area contributed by atoms with Crippen LogP contribution < -0.4 is 10.6 Å². The minimum absolute atomic E-state index is 0.0422. The molecule has 1 saturated heterocycles. The molecule has 184 valence electrons. The van der Waals surface area contributed by atoms with Crippen molar-refractivity contribution < 1.29 is 14.4 Å². The van der Waals surface area contributed by atoms with Gasteiger partial charge in [-0.05, 0) is 68.9 Å². The highest BCUT2D eigenvalue weighted by molar-refractivity contribution is 8.15. The molecular formula is C27H32N4O3S. The molecule has 0 saturated carbocycles. The van der Waals surface area contributed by atoms with Crippen molar-refractivity contribution in [3.63, 3.8) is 0 Å². The Kier molecular flexibility index (Phi) is 8.58. The van der Waals surface area contributed by atoms with Crippen LogP contribution in [0.25, 0.3) is 0 Å². The van der Waals surface area contributed by atoms with E-state index in [4.69, 9.17) is 0 Å². The summed E-state index contributed by atoms with van der Waals surface area (Å²) < 4.78 is 0. The number of aliphatic imine (C=N–C) groups is 1. The Balaban J connectivity index is 1.21. The fraction of sp³-hybridized carbons (Fsp3) is 0.407. The lowest BCUT2D eigenvalue weighted by Crippen LogP contribution is -2.33. The molecule has 7 nitrogen and oxygen atoms in total.